The van der Waals surface area contributed by atoms with E-state index in [1.165, 1.54) is 0 Å². The molecule has 0 aliphatic carbocycles. The molecule has 1 unspecified atom stereocenters. The topological polar surface area (TPSA) is 29.5 Å². The molecule has 0 spiro atoms. The predicted molar refractivity (Wildman–Crippen MR) is 126 cm³/mol. The van der Waals surface area contributed by atoms with Gasteiger partial charge >= 0.3 is 5.97 Å². The van der Waals surface area contributed by atoms with Crippen LogP contribution in [0, 0.1) is 5.41 Å². The van der Waals surface area contributed by atoms with Gasteiger partial charge in [-0.3, -0.25) is 4.90 Å². The van der Waals surface area contributed by atoms with Gasteiger partial charge < -0.3 is 4.74 Å². The second-order valence-electron chi connectivity index (χ2n) is 8.87. The Hall–Kier alpha value is -2.91. The fourth-order valence-corrected chi connectivity index (χ4v) is 4.46. The molecule has 0 aliphatic rings. The molecule has 1 atom stereocenters. The van der Waals surface area contributed by atoms with Crippen LogP contribution >= 0.6 is 0 Å². The average molecular weight is 416 g/mol. The Kier molecular flexibility index (Phi) is 7.29. The van der Waals surface area contributed by atoms with Gasteiger partial charge in [0.25, 0.3) is 0 Å². The molecular weight excluding hydrogens is 382 g/mol. The van der Waals surface area contributed by atoms with Gasteiger partial charge in [0.1, 0.15) is 0 Å². The van der Waals surface area contributed by atoms with E-state index in [2.05, 4.69) is 49.9 Å². The van der Waals surface area contributed by atoms with Gasteiger partial charge in [0.05, 0.1) is 6.61 Å². The van der Waals surface area contributed by atoms with Crippen LogP contribution in [0.3, 0.4) is 0 Å². The minimum atomic E-state index is -0.962. The summed E-state index contributed by atoms with van der Waals surface area (Å²) in [4.78, 5) is 16.2. The molecule has 3 aromatic carbocycles. The molecule has 0 aliphatic heterocycles. The van der Waals surface area contributed by atoms with Crippen LogP contribution in [-0.4, -0.2) is 17.5 Å². The summed E-state index contributed by atoms with van der Waals surface area (Å²) in [5.41, 5.74) is 1.88. The standard InChI is InChI=1S/C28H33NO2/c1-5-31-26(30)28(27(2,3)4,25-19-13-8-14-20-25)29(21-23-15-9-6-10-16-23)22-24-17-11-7-12-18-24/h6-20H,5,21-22H2,1-4H3. The molecule has 0 N–H and O–H groups in total. The predicted octanol–water partition coefficient (Wildman–Crippen LogP) is 6.19. The van der Waals surface area contributed by atoms with E-state index in [-0.39, 0.29) is 5.97 Å². The Morgan fingerprint density at radius 3 is 1.55 bits per heavy atom. The van der Waals surface area contributed by atoms with E-state index in [0.717, 1.165) is 16.7 Å². The van der Waals surface area contributed by atoms with Crippen LogP contribution in [0.2, 0.25) is 0 Å². The van der Waals surface area contributed by atoms with E-state index in [0.29, 0.717) is 19.7 Å². The van der Waals surface area contributed by atoms with E-state index in [1.54, 1.807) is 0 Å². The summed E-state index contributed by atoms with van der Waals surface area (Å²) in [5, 5.41) is 0. The lowest BCUT2D eigenvalue weighted by molar-refractivity contribution is -0.170. The number of rotatable bonds is 8. The molecule has 31 heavy (non-hydrogen) atoms. The number of esters is 1. The van der Waals surface area contributed by atoms with Crippen molar-refractivity contribution in [2.75, 3.05) is 6.61 Å². The molecular formula is C28H33NO2. The largest absolute Gasteiger partial charge is 0.464 e. The first kappa shape index (κ1) is 22.8. The van der Waals surface area contributed by atoms with E-state index >= 15 is 0 Å². The molecule has 0 saturated carbocycles. The van der Waals surface area contributed by atoms with Crippen LogP contribution in [0.5, 0.6) is 0 Å². The van der Waals surface area contributed by atoms with Crippen molar-refractivity contribution in [2.24, 2.45) is 5.41 Å². The maximum absolute atomic E-state index is 13.9. The third kappa shape index (κ3) is 4.88. The Morgan fingerprint density at radius 2 is 1.16 bits per heavy atom. The number of hydrogen-bond donors (Lipinski definition) is 0. The van der Waals surface area contributed by atoms with Crippen molar-refractivity contribution >= 4 is 5.97 Å². The highest BCUT2D eigenvalue weighted by atomic mass is 16.5. The van der Waals surface area contributed by atoms with Crippen molar-refractivity contribution in [1.29, 1.82) is 0 Å². The molecule has 0 fully saturated rings. The Bertz CT molecular complexity index is 907. The van der Waals surface area contributed by atoms with Gasteiger partial charge in [0.15, 0.2) is 5.54 Å². The van der Waals surface area contributed by atoms with Gasteiger partial charge in [0, 0.05) is 13.1 Å². The molecule has 3 nitrogen and oxygen atoms in total. The molecule has 0 amide bonds. The average Bonchev–Trinajstić information content (AvgIpc) is 2.75. The van der Waals surface area contributed by atoms with Crippen LogP contribution in [-0.2, 0) is 28.2 Å². The van der Waals surface area contributed by atoms with Crippen molar-refractivity contribution < 1.29 is 9.53 Å². The van der Waals surface area contributed by atoms with Crippen molar-refractivity contribution in [2.45, 2.75) is 46.3 Å². The minimum Gasteiger partial charge on any atom is -0.464 e. The number of benzene rings is 3. The third-order valence-corrected chi connectivity index (χ3v) is 5.75. The number of hydrogen-bond acceptors (Lipinski definition) is 3. The maximum Gasteiger partial charge on any atom is 0.331 e. The van der Waals surface area contributed by atoms with Crippen LogP contribution in [0.15, 0.2) is 91.0 Å². The van der Waals surface area contributed by atoms with Gasteiger partial charge in [-0.2, -0.15) is 0 Å². The second kappa shape index (κ2) is 9.93. The van der Waals surface area contributed by atoms with E-state index < -0.39 is 11.0 Å². The van der Waals surface area contributed by atoms with Gasteiger partial charge in [-0.15, -0.1) is 0 Å². The van der Waals surface area contributed by atoms with Gasteiger partial charge in [-0.1, -0.05) is 112 Å². The first-order chi connectivity index (χ1) is 14.9. The van der Waals surface area contributed by atoms with Crippen molar-refractivity contribution in [3.05, 3.63) is 108 Å². The van der Waals surface area contributed by atoms with Gasteiger partial charge in [-0.25, -0.2) is 4.79 Å². The number of carbonyl (C=O) groups excluding carboxylic acids is 1. The minimum absolute atomic E-state index is 0.208. The first-order valence-corrected chi connectivity index (χ1v) is 10.9. The SMILES string of the molecule is CCOC(=O)C(c1ccccc1)(N(Cc1ccccc1)Cc1ccccc1)C(C)(C)C. The Balaban J connectivity index is 2.23. The fourth-order valence-electron chi connectivity index (χ4n) is 4.46. The summed E-state index contributed by atoms with van der Waals surface area (Å²) in [6.07, 6.45) is 0. The lowest BCUT2D eigenvalue weighted by Gasteiger charge is -2.50. The second-order valence-corrected chi connectivity index (χ2v) is 8.87. The highest BCUT2D eigenvalue weighted by Crippen LogP contribution is 2.47. The first-order valence-electron chi connectivity index (χ1n) is 10.9. The quantitative estimate of drug-likeness (QED) is 0.411. The zero-order valence-electron chi connectivity index (χ0n) is 19.0. The molecule has 3 heteroatoms. The van der Waals surface area contributed by atoms with Crippen LogP contribution in [0.25, 0.3) is 0 Å². The zero-order chi connectivity index (χ0) is 22.3. The van der Waals surface area contributed by atoms with E-state index in [1.807, 2.05) is 73.7 Å². The number of nitrogens with zero attached hydrogens (tertiary/aromatic N) is 1. The monoisotopic (exact) mass is 415 g/mol. The third-order valence-electron chi connectivity index (χ3n) is 5.75. The van der Waals surface area contributed by atoms with Gasteiger partial charge in [-0.05, 0) is 29.0 Å². The molecule has 0 radical (unpaired) electrons. The van der Waals surface area contributed by atoms with E-state index in [4.69, 9.17) is 4.74 Å². The summed E-state index contributed by atoms with van der Waals surface area (Å²) < 4.78 is 5.76. The smallest absolute Gasteiger partial charge is 0.331 e. The molecule has 0 bridgehead atoms. The summed E-state index contributed by atoms with van der Waals surface area (Å²) in [6.45, 7) is 9.84. The van der Waals surface area contributed by atoms with Crippen LogP contribution < -0.4 is 0 Å². The highest BCUT2D eigenvalue weighted by molar-refractivity contribution is 5.84. The summed E-state index contributed by atoms with van der Waals surface area (Å²) in [7, 11) is 0. The number of ether oxygens (including phenoxy) is 1. The molecule has 0 aromatic heterocycles. The lowest BCUT2D eigenvalue weighted by Crippen LogP contribution is -2.59. The van der Waals surface area contributed by atoms with Crippen LogP contribution in [0.4, 0.5) is 0 Å². The summed E-state index contributed by atoms with van der Waals surface area (Å²) in [6, 6.07) is 30.7. The number of carbonyl (C=O) groups is 1. The highest BCUT2D eigenvalue weighted by Gasteiger charge is 2.55. The molecule has 3 rings (SSSR count). The van der Waals surface area contributed by atoms with Gasteiger partial charge in [0.2, 0.25) is 0 Å². The summed E-state index contributed by atoms with van der Waals surface area (Å²) in [5.74, 6) is -0.208. The maximum atomic E-state index is 13.9. The molecule has 0 heterocycles. The zero-order valence-corrected chi connectivity index (χ0v) is 19.0. The van der Waals surface area contributed by atoms with E-state index in [9.17, 15) is 4.79 Å². The van der Waals surface area contributed by atoms with Crippen LogP contribution in [0.1, 0.15) is 44.4 Å². The van der Waals surface area contributed by atoms with Crippen molar-refractivity contribution in [3.8, 4) is 0 Å². The van der Waals surface area contributed by atoms with Crippen molar-refractivity contribution in [1.82, 2.24) is 4.90 Å². The normalized spacial score (nSPS) is 13.6. The molecule has 0 saturated heterocycles. The Morgan fingerprint density at radius 1 is 0.742 bits per heavy atom. The molecule has 3 aromatic rings. The lowest BCUT2D eigenvalue weighted by atomic mass is 9.67. The van der Waals surface area contributed by atoms with Crippen molar-refractivity contribution in [3.63, 3.8) is 0 Å². The molecule has 162 valence electrons. The summed E-state index contributed by atoms with van der Waals surface area (Å²) >= 11 is 0. The Labute approximate surface area is 186 Å². The fraction of sp³-hybridized carbons (Fsp3) is 0.321.